The molecule has 0 bridgehead atoms. The maximum atomic E-state index is 12.9. The molecule has 186 valence electrons. The molecule has 2 aromatic rings. The van der Waals surface area contributed by atoms with Crippen LogP contribution in [0.4, 0.5) is 5.82 Å². The number of ether oxygens (including phenoxy) is 4. The molecule has 3 heterocycles. The van der Waals surface area contributed by atoms with Crippen molar-refractivity contribution in [2.24, 2.45) is 11.7 Å². The molecular weight excluding hydrogens is 464 g/mol. The summed E-state index contributed by atoms with van der Waals surface area (Å²) in [5.41, 5.74) is 6.72. The zero-order valence-corrected chi connectivity index (χ0v) is 18.8. The highest BCUT2D eigenvalue weighted by Crippen LogP contribution is 2.36. The molecule has 4 N–H and O–H groups in total. The molecule has 0 saturated carbocycles. The predicted molar refractivity (Wildman–Crippen MR) is 116 cm³/mol. The summed E-state index contributed by atoms with van der Waals surface area (Å²) < 4.78 is 23.5. The Bertz CT molecular complexity index is 1200. The molecular formula is C22H24N4O9. The first-order chi connectivity index (χ1) is 16.7. The molecule has 0 aliphatic carbocycles. The van der Waals surface area contributed by atoms with E-state index in [2.05, 4.69) is 4.98 Å². The van der Waals surface area contributed by atoms with Gasteiger partial charge in [-0.3, -0.25) is 20.0 Å². The first kappa shape index (κ1) is 24.3. The van der Waals surface area contributed by atoms with Crippen molar-refractivity contribution in [3.05, 3.63) is 58.1 Å². The van der Waals surface area contributed by atoms with Gasteiger partial charge in [0.1, 0.15) is 18.8 Å². The van der Waals surface area contributed by atoms with Gasteiger partial charge in [-0.1, -0.05) is 26.0 Å². The molecule has 1 aromatic heterocycles. The van der Waals surface area contributed by atoms with Crippen LogP contribution in [-0.2, 0) is 23.7 Å². The number of nitrogens with two attached hydrogens (primary N) is 1. The van der Waals surface area contributed by atoms with E-state index in [9.17, 15) is 19.2 Å². The Balaban J connectivity index is 1.69. The van der Waals surface area contributed by atoms with Gasteiger partial charge in [0.15, 0.2) is 24.3 Å². The summed E-state index contributed by atoms with van der Waals surface area (Å²) in [5.74, 6) is -2.64. The fourth-order valence-electron chi connectivity index (χ4n) is 3.75. The lowest BCUT2D eigenvalue weighted by atomic mass is 10.0. The summed E-state index contributed by atoms with van der Waals surface area (Å²) in [7, 11) is 0. The van der Waals surface area contributed by atoms with E-state index in [1.54, 1.807) is 31.5 Å². The van der Waals surface area contributed by atoms with Crippen LogP contribution >= 0.6 is 0 Å². The second-order valence-corrected chi connectivity index (χ2v) is 8.36. The normalized spacial score (nSPS) is 24.4. The quantitative estimate of drug-likeness (QED) is 0.286. The lowest BCUT2D eigenvalue weighted by Gasteiger charge is -2.27. The summed E-state index contributed by atoms with van der Waals surface area (Å²) in [6, 6.07) is 6.34. The number of anilines is 1. The van der Waals surface area contributed by atoms with Gasteiger partial charge in [-0.05, 0) is 24.1 Å². The number of carbonyl (C=O) groups excluding carboxylic acids is 3. The Labute approximate surface area is 198 Å². The van der Waals surface area contributed by atoms with E-state index in [4.69, 9.17) is 29.9 Å². The molecule has 1 fully saturated rings. The summed E-state index contributed by atoms with van der Waals surface area (Å²) in [6.45, 7) is 3.12. The number of nitrogens with one attached hydrogen (secondary N) is 1. The van der Waals surface area contributed by atoms with E-state index in [1.165, 1.54) is 24.4 Å². The smallest absolute Gasteiger partial charge is 0.351 e. The van der Waals surface area contributed by atoms with E-state index in [-0.39, 0.29) is 29.5 Å². The number of hydrogen-bond donors (Lipinski definition) is 3. The van der Waals surface area contributed by atoms with Gasteiger partial charge >= 0.3 is 23.6 Å². The molecule has 1 aromatic carbocycles. The van der Waals surface area contributed by atoms with Crippen LogP contribution in [0.3, 0.4) is 0 Å². The fourth-order valence-corrected chi connectivity index (χ4v) is 3.75. The number of rotatable bonds is 6. The molecule has 2 aliphatic rings. The van der Waals surface area contributed by atoms with E-state index >= 15 is 0 Å². The van der Waals surface area contributed by atoms with Gasteiger partial charge in [0.2, 0.25) is 0 Å². The Kier molecular flexibility index (Phi) is 6.82. The molecule has 35 heavy (non-hydrogen) atoms. The van der Waals surface area contributed by atoms with Crippen molar-refractivity contribution in [1.82, 2.24) is 9.55 Å². The zero-order chi connectivity index (χ0) is 25.3. The minimum Gasteiger partial charge on any atom is -0.462 e. The highest BCUT2D eigenvalue weighted by Gasteiger charge is 2.52. The standard InChI is InChI=1S/C22H24N4O9/c1-10(2)15(23)21(29)32-9-13-16-17(18(33-13)26-8-7-14(25-31)24-22(26)30)35-20(28)12-6-4-3-5-11(12)19(27)34-16/h3-8,10,13,15-18,31H,9,23H2,1-2H3,(H,24,25,30)/t13-,15-,16-,17-,18-/m1/s1. The van der Waals surface area contributed by atoms with Crippen molar-refractivity contribution in [2.75, 3.05) is 12.1 Å². The third kappa shape index (κ3) is 4.73. The molecule has 0 unspecified atom stereocenters. The lowest BCUT2D eigenvalue weighted by molar-refractivity contribution is -0.152. The van der Waals surface area contributed by atoms with Crippen LogP contribution in [0, 0.1) is 5.92 Å². The molecule has 4 rings (SSSR count). The van der Waals surface area contributed by atoms with Gasteiger partial charge in [0.05, 0.1) is 11.1 Å². The number of fused-ring (bicyclic) bond motifs is 2. The average Bonchev–Trinajstić information content (AvgIpc) is 3.16. The van der Waals surface area contributed by atoms with Gasteiger partial charge in [-0.15, -0.1) is 0 Å². The number of benzene rings is 1. The maximum Gasteiger partial charge on any atom is 0.351 e. The molecule has 1 saturated heterocycles. The Morgan fingerprint density at radius 2 is 1.77 bits per heavy atom. The Morgan fingerprint density at radius 3 is 2.34 bits per heavy atom. The molecule has 13 heteroatoms. The van der Waals surface area contributed by atoms with Gasteiger partial charge in [-0.25, -0.2) is 14.4 Å². The van der Waals surface area contributed by atoms with Crippen molar-refractivity contribution >= 4 is 23.7 Å². The molecule has 0 spiro atoms. The maximum absolute atomic E-state index is 12.9. The van der Waals surface area contributed by atoms with Crippen LogP contribution in [0.25, 0.3) is 0 Å². The SMILES string of the molecule is CC(C)[C@@H](N)C(=O)OC[C@H]1O[C@@H](n2ccc(NO)nc2=O)[C@@H]2OC(=O)c3ccccc3C(=O)O[C@@H]21. The van der Waals surface area contributed by atoms with Crippen LogP contribution in [0.5, 0.6) is 0 Å². The third-order valence-electron chi connectivity index (χ3n) is 5.74. The number of aromatic nitrogens is 2. The monoisotopic (exact) mass is 488 g/mol. The highest BCUT2D eigenvalue weighted by molar-refractivity contribution is 6.03. The molecule has 0 radical (unpaired) electrons. The van der Waals surface area contributed by atoms with Crippen LogP contribution in [0.2, 0.25) is 0 Å². The fraction of sp³-hybridized carbons (Fsp3) is 0.409. The summed E-state index contributed by atoms with van der Waals surface area (Å²) in [6.07, 6.45) is -3.64. The first-order valence-electron chi connectivity index (χ1n) is 10.8. The highest BCUT2D eigenvalue weighted by atomic mass is 16.7. The molecule has 13 nitrogen and oxygen atoms in total. The second-order valence-electron chi connectivity index (χ2n) is 8.36. The predicted octanol–water partition coefficient (Wildman–Crippen LogP) is 0.233. The number of nitrogens with zero attached hydrogens (tertiary/aromatic N) is 2. The second kappa shape index (κ2) is 9.82. The van der Waals surface area contributed by atoms with Gasteiger partial charge in [0, 0.05) is 6.20 Å². The van der Waals surface area contributed by atoms with Crippen molar-refractivity contribution in [2.45, 2.75) is 44.4 Å². The number of carbonyl (C=O) groups is 3. The Morgan fingerprint density at radius 1 is 1.14 bits per heavy atom. The molecule has 0 amide bonds. The number of esters is 3. The third-order valence-corrected chi connectivity index (χ3v) is 5.74. The molecule has 5 atom stereocenters. The zero-order valence-electron chi connectivity index (χ0n) is 18.8. The van der Waals surface area contributed by atoms with Gasteiger partial charge in [0.25, 0.3) is 0 Å². The van der Waals surface area contributed by atoms with Crippen molar-refractivity contribution in [1.29, 1.82) is 0 Å². The van der Waals surface area contributed by atoms with Gasteiger partial charge < -0.3 is 24.7 Å². The van der Waals surface area contributed by atoms with Gasteiger partial charge in [-0.2, -0.15) is 4.98 Å². The average molecular weight is 488 g/mol. The summed E-state index contributed by atoms with van der Waals surface area (Å²) in [5, 5.41) is 9.00. The van der Waals surface area contributed by atoms with E-state index in [0.717, 1.165) is 4.57 Å². The Hall–Kier alpha value is -3.81. The minimum absolute atomic E-state index is 0.00539. The van der Waals surface area contributed by atoms with E-state index in [0.29, 0.717) is 0 Å². The van der Waals surface area contributed by atoms with Crippen molar-refractivity contribution < 1.29 is 38.5 Å². The van der Waals surface area contributed by atoms with Crippen LogP contribution < -0.4 is 16.9 Å². The lowest BCUT2D eigenvalue weighted by Crippen LogP contribution is -2.45. The van der Waals surface area contributed by atoms with Crippen molar-refractivity contribution in [3.8, 4) is 0 Å². The first-order valence-corrected chi connectivity index (χ1v) is 10.8. The largest absolute Gasteiger partial charge is 0.462 e. The minimum atomic E-state index is -1.28. The summed E-state index contributed by atoms with van der Waals surface area (Å²) in [4.78, 5) is 54.3. The van der Waals surface area contributed by atoms with Crippen LogP contribution in [0.1, 0.15) is 40.8 Å². The topological polar surface area (TPSA) is 181 Å². The van der Waals surface area contributed by atoms with Crippen molar-refractivity contribution in [3.63, 3.8) is 0 Å². The number of hydrogen-bond acceptors (Lipinski definition) is 12. The summed E-state index contributed by atoms with van der Waals surface area (Å²) >= 11 is 0. The van der Waals surface area contributed by atoms with E-state index < -0.39 is 54.2 Å². The van der Waals surface area contributed by atoms with Crippen LogP contribution in [0.15, 0.2) is 41.3 Å². The molecule has 2 aliphatic heterocycles. The van der Waals surface area contributed by atoms with E-state index in [1.807, 2.05) is 0 Å². The van der Waals surface area contributed by atoms with Crippen LogP contribution in [-0.4, -0.2) is 63.6 Å².